The minimum atomic E-state index is -0.0607. The number of rotatable bonds is 3. The van der Waals surface area contributed by atoms with Gasteiger partial charge in [0, 0.05) is 5.92 Å². The van der Waals surface area contributed by atoms with Crippen molar-refractivity contribution in [1.82, 2.24) is 0 Å². The van der Waals surface area contributed by atoms with Crippen molar-refractivity contribution >= 4 is 28.6 Å². The Labute approximate surface area is 99.2 Å². The number of allylic oxidation sites excluding steroid dienone is 2. The van der Waals surface area contributed by atoms with Crippen molar-refractivity contribution in [2.24, 2.45) is 17.8 Å². The van der Waals surface area contributed by atoms with Gasteiger partial charge in [-0.2, -0.15) is 0 Å². The summed E-state index contributed by atoms with van der Waals surface area (Å²) in [6.07, 6.45) is 4.42. The highest BCUT2D eigenvalue weighted by Crippen LogP contribution is 2.39. The van der Waals surface area contributed by atoms with Crippen molar-refractivity contribution in [3.05, 3.63) is 9.66 Å². The van der Waals surface area contributed by atoms with Crippen molar-refractivity contribution < 1.29 is 9.53 Å². The zero-order chi connectivity index (χ0) is 10.7. The lowest BCUT2D eigenvalue weighted by Crippen LogP contribution is -2.28. The van der Waals surface area contributed by atoms with Gasteiger partial charge in [0.25, 0.3) is 0 Å². The molecule has 0 fully saturated rings. The first-order valence-electron chi connectivity index (χ1n) is 5.01. The molecule has 80 valence electrons. The molecule has 1 rings (SSSR count). The van der Waals surface area contributed by atoms with Crippen LogP contribution in [-0.2, 0) is 9.53 Å². The largest absolute Gasteiger partial charge is 0.469 e. The van der Waals surface area contributed by atoms with Crippen molar-refractivity contribution in [3.8, 4) is 0 Å². The Hall–Kier alpha value is -0.0600. The Kier molecular flexibility index (Phi) is 4.41. The molecule has 14 heavy (non-hydrogen) atoms. The molecule has 0 aromatic heterocycles. The fourth-order valence-electron chi connectivity index (χ4n) is 2.08. The molecule has 0 saturated carbocycles. The van der Waals surface area contributed by atoms with Gasteiger partial charge in [0.1, 0.15) is 0 Å². The minimum absolute atomic E-state index is 0.0330. The van der Waals surface area contributed by atoms with E-state index in [-0.39, 0.29) is 11.9 Å². The van der Waals surface area contributed by atoms with Gasteiger partial charge in [0.2, 0.25) is 0 Å². The summed E-state index contributed by atoms with van der Waals surface area (Å²) in [5.41, 5.74) is 0. The van der Waals surface area contributed by atoms with Gasteiger partial charge in [-0.25, -0.2) is 0 Å². The lowest BCUT2D eigenvalue weighted by molar-refractivity contribution is -0.148. The average molecular weight is 308 g/mol. The van der Waals surface area contributed by atoms with Gasteiger partial charge >= 0.3 is 5.97 Å². The van der Waals surface area contributed by atoms with E-state index < -0.39 is 0 Å². The summed E-state index contributed by atoms with van der Waals surface area (Å²) in [7, 11) is 1.48. The molecule has 1 aliphatic rings. The van der Waals surface area contributed by atoms with Crippen molar-refractivity contribution in [2.75, 3.05) is 7.11 Å². The molecule has 0 amide bonds. The van der Waals surface area contributed by atoms with Gasteiger partial charge in [-0.3, -0.25) is 4.79 Å². The van der Waals surface area contributed by atoms with Crippen LogP contribution in [0.1, 0.15) is 26.7 Å². The van der Waals surface area contributed by atoms with Crippen LogP contribution in [0.25, 0.3) is 0 Å². The van der Waals surface area contributed by atoms with E-state index in [1.807, 2.05) is 0 Å². The van der Waals surface area contributed by atoms with Gasteiger partial charge in [0.05, 0.1) is 13.0 Å². The number of ether oxygens (including phenoxy) is 1. The number of halogens is 1. The van der Waals surface area contributed by atoms with E-state index in [0.29, 0.717) is 11.8 Å². The van der Waals surface area contributed by atoms with Crippen LogP contribution < -0.4 is 0 Å². The Morgan fingerprint density at radius 2 is 2.29 bits per heavy atom. The predicted molar refractivity (Wildman–Crippen MR) is 65.2 cm³/mol. The number of carbonyl (C=O) groups is 1. The summed E-state index contributed by atoms with van der Waals surface area (Å²) in [6, 6.07) is 0. The molecule has 0 aromatic rings. The summed E-state index contributed by atoms with van der Waals surface area (Å²) in [4.78, 5) is 11.6. The van der Waals surface area contributed by atoms with Gasteiger partial charge in [0.15, 0.2) is 0 Å². The first kappa shape index (κ1) is 12.0. The maximum absolute atomic E-state index is 11.6. The number of esters is 1. The number of methoxy groups -OCH3 is 1. The zero-order valence-electron chi connectivity index (χ0n) is 8.92. The predicted octanol–water partition coefficient (Wildman–Crippen LogP) is 3.16. The van der Waals surface area contributed by atoms with E-state index in [2.05, 4.69) is 42.5 Å². The molecule has 3 heteroatoms. The topological polar surface area (TPSA) is 26.3 Å². The third kappa shape index (κ3) is 2.49. The maximum Gasteiger partial charge on any atom is 0.309 e. The summed E-state index contributed by atoms with van der Waals surface area (Å²) in [5.74, 6) is 0.715. The van der Waals surface area contributed by atoms with E-state index in [0.717, 1.165) is 12.8 Å². The number of hydrogen-bond acceptors (Lipinski definition) is 2. The van der Waals surface area contributed by atoms with Crippen LogP contribution in [0.5, 0.6) is 0 Å². The fraction of sp³-hybridized carbons (Fsp3) is 0.727. The quantitative estimate of drug-likeness (QED) is 0.591. The molecule has 2 unspecified atom stereocenters. The highest BCUT2D eigenvalue weighted by Gasteiger charge is 2.34. The lowest BCUT2D eigenvalue weighted by Gasteiger charge is -2.25. The number of carbonyl (C=O) groups excluding carboxylic acids is 1. The molecule has 0 spiro atoms. The van der Waals surface area contributed by atoms with Gasteiger partial charge < -0.3 is 4.74 Å². The standard InChI is InChI=1S/C11H17IO2/c1-7(2)10(11(13)14-3)8-5-4-6-9(8)12/h6-8,10H,4-5H2,1-3H3. The van der Waals surface area contributed by atoms with E-state index in [1.54, 1.807) is 0 Å². The normalized spacial score (nSPS) is 23.5. The van der Waals surface area contributed by atoms with Crippen LogP contribution in [0.4, 0.5) is 0 Å². The van der Waals surface area contributed by atoms with Gasteiger partial charge in [-0.05, 0) is 44.9 Å². The smallest absolute Gasteiger partial charge is 0.309 e. The summed E-state index contributed by atoms with van der Waals surface area (Å²) in [5, 5.41) is 0. The SMILES string of the molecule is COC(=O)C(C(C)C)C1CCC=C1I. The van der Waals surface area contributed by atoms with Crippen LogP contribution in [-0.4, -0.2) is 13.1 Å². The van der Waals surface area contributed by atoms with Crippen LogP contribution >= 0.6 is 22.6 Å². The van der Waals surface area contributed by atoms with Crippen LogP contribution in [0, 0.1) is 17.8 Å². The van der Waals surface area contributed by atoms with E-state index in [4.69, 9.17) is 4.74 Å². The van der Waals surface area contributed by atoms with Gasteiger partial charge in [-0.1, -0.05) is 19.9 Å². The maximum atomic E-state index is 11.6. The van der Waals surface area contributed by atoms with Gasteiger partial charge in [-0.15, -0.1) is 0 Å². The van der Waals surface area contributed by atoms with Crippen molar-refractivity contribution in [2.45, 2.75) is 26.7 Å². The zero-order valence-corrected chi connectivity index (χ0v) is 11.1. The van der Waals surface area contributed by atoms with E-state index in [1.165, 1.54) is 10.7 Å². The molecular formula is C11H17IO2. The molecule has 0 N–H and O–H groups in total. The molecule has 0 bridgehead atoms. The highest BCUT2D eigenvalue weighted by atomic mass is 127. The summed E-state index contributed by atoms with van der Waals surface area (Å²) in [6.45, 7) is 4.17. The van der Waals surface area contributed by atoms with Crippen LogP contribution in [0.2, 0.25) is 0 Å². The molecule has 0 heterocycles. The van der Waals surface area contributed by atoms with E-state index >= 15 is 0 Å². The molecular weight excluding hydrogens is 291 g/mol. The Bertz CT molecular complexity index is 246. The third-order valence-corrected chi connectivity index (χ3v) is 4.04. The second-order valence-electron chi connectivity index (χ2n) is 4.07. The third-order valence-electron chi connectivity index (χ3n) is 2.80. The fourth-order valence-corrected chi connectivity index (χ4v) is 3.09. The highest BCUT2D eigenvalue weighted by molar-refractivity contribution is 14.1. The number of hydrogen-bond donors (Lipinski definition) is 0. The summed E-state index contributed by atoms with van der Waals surface area (Å²) < 4.78 is 6.19. The molecule has 2 atom stereocenters. The van der Waals surface area contributed by atoms with Crippen molar-refractivity contribution in [1.29, 1.82) is 0 Å². The second kappa shape index (κ2) is 5.14. The monoisotopic (exact) mass is 308 g/mol. The lowest BCUT2D eigenvalue weighted by atomic mass is 9.83. The molecule has 0 aliphatic heterocycles. The van der Waals surface area contributed by atoms with Crippen LogP contribution in [0.15, 0.2) is 9.66 Å². The summed E-state index contributed by atoms with van der Waals surface area (Å²) >= 11 is 2.35. The Morgan fingerprint density at radius 1 is 1.64 bits per heavy atom. The molecule has 0 saturated heterocycles. The van der Waals surface area contributed by atoms with Crippen LogP contribution in [0.3, 0.4) is 0 Å². The molecule has 0 radical (unpaired) electrons. The second-order valence-corrected chi connectivity index (χ2v) is 5.31. The van der Waals surface area contributed by atoms with Crippen molar-refractivity contribution in [3.63, 3.8) is 0 Å². The first-order chi connectivity index (χ1) is 6.57. The molecule has 2 nitrogen and oxygen atoms in total. The first-order valence-corrected chi connectivity index (χ1v) is 6.09. The molecule has 0 aromatic carbocycles. The molecule has 1 aliphatic carbocycles. The Balaban J connectivity index is 2.78. The van der Waals surface area contributed by atoms with E-state index in [9.17, 15) is 4.79 Å². The minimum Gasteiger partial charge on any atom is -0.469 e. The average Bonchev–Trinajstić information content (AvgIpc) is 2.52. The Morgan fingerprint density at radius 3 is 2.64 bits per heavy atom.